The minimum absolute atomic E-state index is 0.223. The predicted octanol–water partition coefficient (Wildman–Crippen LogP) is 1.79. The van der Waals surface area contributed by atoms with E-state index >= 15 is 0 Å². The number of carbonyl (C=O) groups is 1. The molecule has 0 aliphatic rings. The zero-order valence-electron chi connectivity index (χ0n) is 7.03. The summed E-state index contributed by atoms with van der Waals surface area (Å²) < 4.78 is 11.5. The monoisotopic (exact) mass is 179 g/mol. The van der Waals surface area contributed by atoms with E-state index in [1.165, 1.54) is 0 Å². The fraction of sp³-hybridized carbons (Fsp3) is 0.100. The minimum Gasteiger partial charge on any atom is -0.348 e. The summed E-state index contributed by atoms with van der Waals surface area (Å²) in [6.07, 6.45) is 1.07. The van der Waals surface area contributed by atoms with Crippen LogP contribution in [0, 0.1) is 0 Å². The van der Waals surface area contributed by atoms with Crippen molar-refractivity contribution in [3.05, 3.63) is 48.3 Å². The molecule has 0 unspecified atom stereocenters. The molecule has 0 heterocycles. The van der Waals surface area contributed by atoms with Crippen molar-refractivity contribution in [2.45, 2.75) is 6.54 Å². The highest BCUT2D eigenvalue weighted by molar-refractivity contribution is 5.87. The predicted molar refractivity (Wildman–Crippen MR) is 48.5 cm³/mol. The molecule has 0 fully saturated rings. The quantitative estimate of drug-likeness (QED) is 0.704. The van der Waals surface area contributed by atoms with E-state index in [1.54, 1.807) is 0 Å². The van der Waals surface area contributed by atoms with E-state index in [4.69, 9.17) is 0 Å². The Morgan fingerprint density at radius 3 is 2.69 bits per heavy atom. The van der Waals surface area contributed by atoms with Crippen LogP contribution < -0.4 is 5.32 Å². The highest BCUT2D eigenvalue weighted by Crippen LogP contribution is 1.96. The molecule has 0 aliphatic carbocycles. The van der Waals surface area contributed by atoms with Gasteiger partial charge in [-0.2, -0.15) is 0 Å². The van der Waals surface area contributed by atoms with Gasteiger partial charge in [0.1, 0.15) is 0 Å². The van der Waals surface area contributed by atoms with Gasteiger partial charge in [-0.1, -0.05) is 30.3 Å². The molecule has 1 aromatic carbocycles. The standard InChI is InChI=1S/C10H10FNO/c11-7-6-10(13)12-8-9-4-2-1-3-5-9/h1-7H,8H2,(H,12,13)/b7-6+. The van der Waals surface area contributed by atoms with E-state index in [-0.39, 0.29) is 6.33 Å². The lowest BCUT2D eigenvalue weighted by Gasteiger charge is -2.00. The SMILES string of the molecule is O=C(/C=C/F)NCc1ccccc1. The summed E-state index contributed by atoms with van der Waals surface area (Å²) in [5, 5.41) is 2.53. The smallest absolute Gasteiger partial charge is 0.246 e. The van der Waals surface area contributed by atoms with Crippen molar-refractivity contribution in [3.8, 4) is 0 Å². The molecule has 0 atom stereocenters. The van der Waals surface area contributed by atoms with E-state index < -0.39 is 5.91 Å². The van der Waals surface area contributed by atoms with E-state index in [0.717, 1.165) is 11.6 Å². The Hall–Kier alpha value is -1.64. The summed E-state index contributed by atoms with van der Waals surface area (Å²) in [6, 6.07) is 9.44. The average molecular weight is 179 g/mol. The molecule has 1 rings (SSSR count). The number of carbonyl (C=O) groups excluding carboxylic acids is 1. The third-order valence-corrected chi connectivity index (χ3v) is 1.52. The molecule has 2 nitrogen and oxygen atoms in total. The molecule has 0 saturated heterocycles. The van der Waals surface area contributed by atoms with Gasteiger partial charge in [0.25, 0.3) is 0 Å². The van der Waals surface area contributed by atoms with E-state index in [1.807, 2.05) is 30.3 Å². The Bertz CT molecular complexity index is 295. The van der Waals surface area contributed by atoms with Crippen LogP contribution in [0.1, 0.15) is 5.56 Å². The molecule has 68 valence electrons. The summed E-state index contributed by atoms with van der Waals surface area (Å²) >= 11 is 0. The van der Waals surface area contributed by atoms with Gasteiger partial charge in [0, 0.05) is 12.6 Å². The topological polar surface area (TPSA) is 29.1 Å². The van der Waals surface area contributed by atoms with Crippen LogP contribution in [0.5, 0.6) is 0 Å². The van der Waals surface area contributed by atoms with Gasteiger partial charge in [-0.3, -0.25) is 4.79 Å². The number of hydrogen-bond acceptors (Lipinski definition) is 1. The van der Waals surface area contributed by atoms with Crippen molar-refractivity contribution >= 4 is 5.91 Å². The molecule has 0 spiro atoms. The van der Waals surface area contributed by atoms with Gasteiger partial charge in [-0.15, -0.1) is 0 Å². The van der Waals surface area contributed by atoms with Crippen molar-refractivity contribution in [1.29, 1.82) is 0 Å². The maximum Gasteiger partial charge on any atom is 0.246 e. The Morgan fingerprint density at radius 1 is 1.38 bits per heavy atom. The van der Waals surface area contributed by atoms with Crippen molar-refractivity contribution in [2.24, 2.45) is 0 Å². The van der Waals surface area contributed by atoms with Gasteiger partial charge in [0.15, 0.2) is 0 Å². The van der Waals surface area contributed by atoms with Crippen LogP contribution in [-0.2, 0) is 11.3 Å². The Labute approximate surface area is 76.1 Å². The molecular weight excluding hydrogens is 169 g/mol. The lowest BCUT2D eigenvalue weighted by Crippen LogP contribution is -2.19. The van der Waals surface area contributed by atoms with Crippen LogP contribution in [0.15, 0.2) is 42.7 Å². The summed E-state index contributed by atoms with van der Waals surface area (Å²) in [5.41, 5.74) is 0.989. The van der Waals surface area contributed by atoms with Crippen LogP contribution >= 0.6 is 0 Å². The molecule has 0 bridgehead atoms. The van der Waals surface area contributed by atoms with Gasteiger partial charge in [0.2, 0.25) is 5.91 Å². The van der Waals surface area contributed by atoms with Gasteiger partial charge >= 0.3 is 0 Å². The molecule has 0 aromatic heterocycles. The van der Waals surface area contributed by atoms with E-state index in [9.17, 15) is 9.18 Å². The maximum atomic E-state index is 11.5. The van der Waals surface area contributed by atoms with Crippen molar-refractivity contribution < 1.29 is 9.18 Å². The van der Waals surface area contributed by atoms with Gasteiger partial charge in [0.05, 0.1) is 6.33 Å². The van der Waals surface area contributed by atoms with Crippen molar-refractivity contribution in [3.63, 3.8) is 0 Å². The van der Waals surface area contributed by atoms with E-state index in [2.05, 4.69) is 5.32 Å². The summed E-state index contributed by atoms with van der Waals surface area (Å²) in [7, 11) is 0. The molecular formula is C10H10FNO. The van der Waals surface area contributed by atoms with Crippen molar-refractivity contribution in [2.75, 3.05) is 0 Å². The number of benzene rings is 1. The zero-order chi connectivity index (χ0) is 9.52. The molecule has 1 aromatic rings. The van der Waals surface area contributed by atoms with Crippen LogP contribution in [0.4, 0.5) is 4.39 Å². The molecule has 1 N–H and O–H groups in total. The van der Waals surface area contributed by atoms with Crippen LogP contribution in [0.2, 0.25) is 0 Å². The average Bonchev–Trinajstić information content (AvgIpc) is 2.17. The number of rotatable bonds is 3. The van der Waals surface area contributed by atoms with Crippen molar-refractivity contribution in [1.82, 2.24) is 5.32 Å². The second kappa shape index (κ2) is 5.09. The Morgan fingerprint density at radius 2 is 2.08 bits per heavy atom. The first-order chi connectivity index (χ1) is 6.33. The van der Waals surface area contributed by atoms with Crippen LogP contribution in [0.3, 0.4) is 0 Å². The Balaban J connectivity index is 2.40. The normalized spacial score (nSPS) is 10.2. The highest BCUT2D eigenvalue weighted by Gasteiger charge is 1.94. The van der Waals surface area contributed by atoms with Crippen LogP contribution in [-0.4, -0.2) is 5.91 Å². The summed E-state index contributed by atoms with van der Waals surface area (Å²) in [6.45, 7) is 0.421. The van der Waals surface area contributed by atoms with Gasteiger partial charge in [-0.25, -0.2) is 4.39 Å². The summed E-state index contributed by atoms with van der Waals surface area (Å²) in [4.78, 5) is 10.8. The fourth-order valence-electron chi connectivity index (χ4n) is 0.901. The Kier molecular flexibility index (Phi) is 3.70. The molecule has 13 heavy (non-hydrogen) atoms. The number of nitrogens with one attached hydrogen (secondary N) is 1. The second-order valence-corrected chi connectivity index (χ2v) is 2.50. The zero-order valence-corrected chi connectivity index (χ0v) is 7.03. The first-order valence-electron chi connectivity index (χ1n) is 3.91. The molecule has 0 aliphatic heterocycles. The molecule has 0 radical (unpaired) electrons. The molecule has 3 heteroatoms. The first-order valence-corrected chi connectivity index (χ1v) is 3.91. The number of halogens is 1. The van der Waals surface area contributed by atoms with Gasteiger partial charge in [-0.05, 0) is 5.56 Å². The fourth-order valence-corrected chi connectivity index (χ4v) is 0.901. The lowest BCUT2D eigenvalue weighted by molar-refractivity contribution is -0.116. The second-order valence-electron chi connectivity index (χ2n) is 2.50. The van der Waals surface area contributed by atoms with E-state index in [0.29, 0.717) is 6.54 Å². The minimum atomic E-state index is -0.425. The molecule has 1 amide bonds. The molecule has 0 saturated carbocycles. The third kappa shape index (κ3) is 3.51. The van der Waals surface area contributed by atoms with Crippen LogP contribution in [0.25, 0.3) is 0 Å². The largest absolute Gasteiger partial charge is 0.348 e. The lowest BCUT2D eigenvalue weighted by atomic mass is 10.2. The first kappa shape index (κ1) is 9.45. The maximum absolute atomic E-state index is 11.5. The third-order valence-electron chi connectivity index (χ3n) is 1.52. The number of hydrogen-bond donors (Lipinski definition) is 1. The summed E-state index contributed by atoms with van der Waals surface area (Å²) in [5.74, 6) is -0.425. The van der Waals surface area contributed by atoms with Gasteiger partial charge < -0.3 is 5.32 Å². The number of amides is 1. The highest BCUT2D eigenvalue weighted by atomic mass is 19.1.